The molecule has 0 radical (unpaired) electrons. The predicted molar refractivity (Wildman–Crippen MR) is 134 cm³/mol. The molecule has 0 aromatic heterocycles. The minimum atomic E-state index is -3.67. The lowest BCUT2D eigenvalue weighted by Gasteiger charge is -2.31. The van der Waals surface area contributed by atoms with Crippen LogP contribution in [0.5, 0.6) is 0 Å². The van der Waals surface area contributed by atoms with Gasteiger partial charge in [0.15, 0.2) is 0 Å². The number of ether oxygens (including phenoxy) is 2. The molecule has 0 spiro atoms. The number of nitrogens with zero attached hydrogens (tertiary/aromatic N) is 2. The Balaban J connectivity index is 1.30. The highest BCUT2D eigenvalue weighted by molar-refractivity contribution is 7.89. The van der Waals surface area contributed by atoms with E-state index in [1.807, 2.05) is 0 Å². The van der Waals surface area contributed by atoms with Gasteiger partial charge < -0.3 is 25.0 Å². The van der Waals surface area contributed by atoms with Gasteiger partial charge >= 0.3 is 0 Å². The summed E-state index contributed by atoms with van der Waals surface area (Å²) in [6.45, 7) is 6.43. The second kappa shape index (κ2) is 10.7. The number of anilines is 2. The van der Waals surface area contributed by atoms with Gasteiger partial charge in [-0.05, 0) is 62.1 Å². The van der Waals surface area contributed by atoms with E-state index in [1.54, 1.807) is 18.2 Å². The standard InChI is InChI=1S/C25H38N4O5S/c1-18(22-15-19-2-3-20(22)14-19)26-17-25(30)27-23-16-21(35(31,32)29-8-12-34-13-9-29)4-5-24(23)28-6-10-33-11-7-28/h4-5,16,18-20,22,26H,2-3,6-15,17H2,1H3,(H,27,30)/t18-,19+,20+,22-/m1/s1. The molecule has 0 unspecified atom stereocenters. The summed E-state index contributed by atoms with van der Waals surface area (Å²) >= 11 is 0. The highest BCUT2D eigenvalue weighted by Crippen LogP contribution is 2.49. The minimum absolute atomic E-state index is 0.157. The van der Waals surface area contributed by atoms with Gasteiger partial charge in [0.25, 0.3) is 0 Å². The number of carbonyl (C=O) groups is 1. The van der Waals surface area contributed by atoms with Crippen molar-refractivity contribution in [2.75, 3.05) is 69.4 Å². The third-order valence-electron chi connectivity index (χ3n) is 8.22. The fourth-order valence-electron chi connectivity index (χ4n) is 6.30. The van der Waals surface area contributed by atoms with Crippen molar-refractivity contribution in [1.29, 1.82) is 0 Å². The fraction of sp³-hybridized carbons (Fsp3) is 0.720. The number of benzene rings is 1. The Kier molecular flexibility index (Phi) is 7.64. The summed E-state index contributed by atoms with van der Waals surface area (Å²) in [5, 5.41) is 6.45. The van der Waals surface area contributed by atoms with Crippen molar-refractivity contribution in [2.24, 2.45) is 17.8 Å². The first-order valence-corrected chi connectivity index (χ1v) is 14.4. The molecule has 5 rings (SSSR count). The molecule has 35 heavy (non-hydrogen) atoms. The SMILES string of the molecule is C[C@@H](NCC(=O)Nc1cc(S(=O)(=O)N2CCOCC2)ccc1N1CCOCC1)[C@H]1C[C@H]2CC[C@H]1C2. The number of carbonyl (C=O) groups excluding carboxylic acids is 1. The van der Waals surface area contributed by atoms with Crippen molar-refractivity contribution in [3.05, 3.63) is 18.2 Å². The molecule has 1 aromatic rings. The van der Waals surface area contributed by atoms with E-state index in [1.165, 1.54) is 30.0 Å². The molecular formula is C25H38N4O5S. The Morgan fingerprint density at radius 1 is 1.06 bits per heavy atom. The zero-order valence-electron chi connectivity index (χ0n) is 20.6. The predicted octanol–water partition coefficient (Wildman–Crippen LogP) is 1.90. The van der Waals surface area contributed by atoms with Crippen LogP contribution < -0.4 is 15.5 Å². The number of amides is 1. The van der Waals surface area contributed by atoms with E-state index in [4.69, 9.17) is 9.47 Å². The average molecular weight is 507 g/mol. The van der Waals surface area contributed by atoms with Gasteiger partial charge in [-0.3, -0.25) is 4.79 Å². The van der Waals surface area contributed by atoms with Crippen LogP contribution >= 0.6 is 0 Å². The molecule has 2 aliphatic carbocycles. The molecule has 10 heteroatoms. The Labute approximate surface area is 208 Å². The van der Waals surface area contributed by atoms with Crippen LogP contribution in [0.2, 0.25) is 0 Å². The van der Waals surface area contributed by atoms with E-state index in [-0.39, 0.29) is 17.3 Å². The molecular weight excluding hydrogens is 468 g/mol. The van der Waals surface area contributed by atoms with Crippen molar-refractivity contribution in [1.82, 2.24) is 9.62 Å². The van der Waals surface area contributed by atoms with Crippen LogP contribution in [0, 0.1) is 17.8 Å². The Morgan fingerprint density at radius 2 is 1.77 bits per heavy atom. The van der Waals surface area contributed by atoms with Gasteiger partial charge in [-0.15, -0.1) is 0 Å². The smallest absolute Gasteiger partial charge is 0.243 e. The number of hydrogen-bond donors (Lipinski definition) is 2. The quantitative estimate of drug-likeness (QED) is 0.555. The summed E-state index contributed by atoms with van der Waals surface area (Å²) in [7, 11) is -3.67. The molecule has 1 amide bonds. The van der Waals surface area contributed by atoms with Crippen LogP contribution in [0.4, 0.5) is 11.4 Å². The lowest BCUT2D eigenvalue weighted by molar-refractivity contribution is -0.115. The second-order valence-electron chi connectivity index (χ2n) is 10.4. The molecule has 2 bridgehead atoms. The van der Waals surface area contributed by atoms with Crippen molar-refractivity contribution < 1.29 is 22.7 Å². The summed E-state index contributed by atoms with van der Waals surface area (Å²) in [5.41, 5.74) is 1.35. The zero-order valence-corrected chi connectivity index (χ0v) is 21.4. The number of nitrogens with one attached hydrogen (secondary N) is 2. The molecule has 4 atom stereocenters. The Morgan fingerprint density at radius 3 is 2.43 bits per heavy atom. The number of hydrogen-bond acceptors (Lipinski definition) is 7. The fourth-order valence-corrected chi connectivity index (χ4v) is 7.73. The number of rotatable bonds is 8. The maximum atomic E-state index is 13.2. The maximum absolute atomic E-state index is 13.2. The molecule has 2 saturated heterocycles. The van der Waals surface area contributed by atoms with Crippen molar-refractivity contribution in [2.45, 2.75) is 43.5 Å². The van der Waals surface area contributed by atoms with Gasteiger partial charge in [-0.2, -0.15) is 4.31 Å². The molecule has 194 valence electrons. The van der Waals surface area contributed by atoms with Crippen LogP contribution in [-0.2, 0) is 24.3 Å². The van der Waals surface area contributed by atoms with Gasteiger partial charge in [0.2, 0.25) is 15.9 Å². The molecule has 4 aliphatic rings. The first-order chi connectivity index (χ1) is 16.9. The summed E-state index contributed by atoms with van der Waals surface area (Å²) in [6, 6.07) is 5.34. The Bertz CT molecular complexity index is 1010. The maximum Gasteiger partial charge on any atom is 0.243 e. The van der Waals surface area contributed by atoms with Gasteiger partial charge in [0.1, 0.15) is 0 Å². The second-order valence-corrected chi connectivity index (χ2v) is 12.3. The largest absolute Gasteiger partial charge is 0.379 e. The molecule has 9 nitrogen and oxygen atoms in total. The molecule has 4 fully saturated rings. The number of sulfonamides is 1. The lowest BCUT2D eigenvalue weighted by atomic mass is 9.84. The van der Waals surface area contributed by atoms with E-state index in [0.29, 0.717) is 70.3 Å². The van der Waals surface area contributed by atoms with Crippen molar-refractivity contribution in [3.8, 4) is 0 Å². The van der Waals surface area contributed by atoms with E-state index in [9.17, 15) is 13.2 Å². The Hall–Kier alpha value is -1.72. The normalized spacial score (nSPS) is 28.3. The zero-order chi connectivity index (χ0) is 24.4. The van der Waals surface area contributed by atoms with Crippen LogP contribution in [0.15, 0.2) is 23.1 Å². The van der Waals surface area contributed by atoms with E-state index in [0.717, 1.165) is 17.5 Å². The molecule has 2 aliphatic heterocycles. The van der Waals surface area contributed by atoms with Crippen LogP contribution in [-0.4, -0.2) is 83.8 Å². The van der Waals surface area contributed by atoms with Crippen LogP contribution in [0.25, 0.3) is 0 Å². The number of fused-ring (bicyclic) bond motifs is 2. The topological polar surface area (TPSA) is 100 Å². The average Bonchev–Trinajstić information content (AvgIpc) is 3.52. The highest BCUT2D eigenvalue weighted by Gasteiger charge is 2.41. The van der Waals surface area contributed by atoms with Crippen LogP contribution in [0.3, 0.4) is 0 Å². The molecule has 2 saturated carbocycles. The van der Waals surface area contributed by atoms with Gasteiger partial charge in [-0.25, -0.2) is 8.42 Å². The minimum Gasteiger partial charge on any atom is -0.379 e. The van der Waals surface area contributed by atoms with E-state index >= 15 is 0 Å². The van der Waals surface area contributed by atoms with Crippen LogP contribution in [0.1, 0.15) is 32.6 Å². The summed E-state index contributed by atoms with van der Waals surface area (Å²) < 4.78 is 38.7. The third kappa shape index (κ3) is 5.51. The summed E-state index contributed by atoms with van der Waals surface area (Å²) in [5.74, 6) is 2.15. The van der Waals surface area contributed by atoms with Gasteiger partial charge in [-0.1, -0.05) is 6.42 Å². The summed E-state index contributed by atoms with van der Waals surface area (Å²) in [6.07, 6.45) is 5.29. The third-order valence-corrected chi connectivity index (χ3v) is 10.1. The van der Waals surface area contributed by atoms with Gasteiger partial charge in [0, 0.05) is 32.2 Å². The molecule has 2 N–H and O–H groups in total. The first kappa shape index (κ1) is 25.0. The monoisotopic (exact) mass is 506 g/mol. The lowest BCUT2D eigenvalue weighted by Crippen LogP contribution is -2.41. The van der Waals surface area contributed by atoms with Crippen molar-refractivity contribution >= 4 is 27.3 Å². The van der Waals surface area contributed by atoms with E-state index in [2.05, 4.69) is 22.5 Å². The van der Waals surface area contributed by atoms with E-state index < -0.39 is 10.0 Å². The van der Waals surface area contributed by atoms with Crippen molar-refractivity contribution in [3.63, 3.8) is 0 Å². The summed E-state index contributed by atoms with van der Waals surface area (Å²) in [4.78, 5) is 15.3. The molecule has 2 heterocycles. The molecule has 1 aromatic carbocycles. The highest BCUT2D eigenvalue weighted by atomic mass is 32.2. The first-order valence-electron chi connectivity index (χ1n) is 13.0. The number of morpholine rings is 2. The van der Waals surface area contributed by atoms with Gasteiger partial charge in [0.05, 0.1) is 49.2 Å².